The van der Waals surface area contributed by atoms with Crippen molar-refractivity contribution in [3.05, 3.63) is 71.1 Å². The van der Waals surface area contributed by atoms with Crippen LogP contribution in [-0.4, -0.2) is 32.2 Å². The summed E-state index contributed by atoms with van der Waals surface area (Å²) in [4.78, 5) is 29.6. The Bertz CT molecular complexity index is 1480. The number of fused-ring (bicyclic) bond motifs is 1. The van der Waals surface area contributed by atoms with Crippen LogP contribution in [0.3, 0.4) is 0 Å². The predicted octanol–water partition coefficient (Wildman–Crippen LogP) is 3.61. The fourth-order valence-electron chi connectivity index (χ4n) is 3.25. The lowest BCUT2D eigenvalue weighted by Gasteiger charge is -2.05. The van der Waals surface area contributed by atoms with E-state index in [1.807, 2.05) is 41.1 Å². The molecule has 4 rings (SSSR count). The molecule has 4 aromatic rings. The molecular weight excluding hydrogens is 462 g/mol. The van der Waals surface area contributed by atoms with Gasteiger partial charge in [0, 0.05) is 23.4 Å². The molecule has 0 aliphatic rings. The van der Waals surface area contributed by atoms with Crippen molar-refractivity contribution >= 4 is 49.0 Å². The first-order valence-electron chi connectivity index (χ1n) is 9.71. The van der Waals surface area contributed by atoms with Gasteiger partial charge in [0.05, 0.1) is 23.4 Å². The van der Waals surface area contributed by atoms with Crippen LogP contribution in [0.2, 0.25) is 0 Å². The second-order valence-electron chi connectivity index (χ2n) is 7.14. The molecule has 2 heterocycles. The summed E-state index contributed by atoms with van der Waals surface area (Å²) in [5.41, 5.74) is 8.47. The quantitative estimate of drug-likeness (QED) is 0.403. The number of anilines is 1. The van der Waals surface area contributed by atoms with Crippen LogP contribution in [0.15, 0.2) is 65.6 Å². The smallest absolute Gasteiger partial charge is 0.264 e. The Labute approximate surface area is 194 Å². The lowest BCUT2D eigenvalue weighted by Crippen LogP contribution is -2.28. The average Bonchev–Trinajstić information content (AvgIpc) is 3.13. The summed E-state index contributed by atoms with van der Waals surface area (Å²) in [5.74, 6) is -0.302. The SMILES string of the molecule is COc1ccc(-c2ccc3c(N)c(C(=O)c4ccc(S(=O)(=O)NC(C)=O)cc4)sc3n2)cc1. The van der Waals surface area contributed by atoms with Gasteiger partial charge in [-0.3, -0.25) is 9.59 Å². The van der Waals surface area contributed by atoms with Gasteiger partial charge in [0.2, 0.25) is 11.7 Å². The molecule has 0 radical (unpaired) electrons. The van der Waals surface area contributed by atoms with Crippen molar-refractivity contribution < 1.29 is 22.7 Å². The third-order valence-electron chi connectivity index (χ3n) is 4.89. The number of sulfonamides is 1. The fraction of sp³-hybridized carbons (Fsp3) is 0.0870. The number of pyridine rings is 1. The Balaban J connectivity index is 1.65. The highest BCUT2D eigenvalue weighted by Gasteiger charge is 2.21. The van der Waals surface area contributed by atoms with Crippen molar-refractivity contribution in [2.45, 2.75) is 11.8 Å². The maximum absolute atomic E-state index is 13.1. The first kappa shape index (κ1) is 22.4. The number of methoxy groups -OCH3 is 1. The van der Waals surface area contributed by atoms with E-state index in [2.05, 4.69) is 4.98 Å². The summed E-state index contributed by atoms with van der Waals surface area (Å²) >= 11 is 1.18. The molecule has 10 heteroatoms. The van der Waals surface area contributed by atoms with Crippen molar-refractivity contribution in [1.29, 1.82) is 0 Å². The average molecular weight is 482 g/mol. The molecule has 0 spiro atoms. The largest absolute Gasteiger partial charge is 0.497 e. The van der Waals surface area contributed by atoms with E-state index in [0.29, 0.717) is 20.8 Å². The van der Waals surface area contributed by atoms with Crippen molar-refractivity contribution in [3.8, 4) is 17.0 Å². The summed E-state index contributed by atoms with van der Waals surface area (Å²) in [6.07, 6.45) is 0. The van der Waals surface area contributed by atoms with Gasteiger partial charge in [-0.1, -0.05) is 0 Å². The topological polar surface area (TPSA) is 128 Å². The highest BCUT2D eigenvalue weighted by atomic mass is 32.2. The van der Waals surface area contributed by atoms with Gasteiger partial charge in [0.1, 0.15) is 15.5 Å². The molecule has 168 valence electrons. The highest BCUT2D eigenvalue weighted by molar-refractivity contribution is 7.90. The molecule has 0 saturated carbocycles. The number of amides is 1. The van der Waals surface area contributed by atoms with E-state index < -0.39 is 15.9 Å². The number of carbonyl (C=O) groups is 2. The molecule has 1 amide bonds. The Morgan fingerprint density at radius 1 is 1.00 bits per heavy atom. The first-order valence-corrected chi connectivity index (χ1v) is 12.0. The lowest BCUT2D eigenvalue weighted by molar-refractivity contribution is -0.117. The maximum atomic E-state index is 13.1. The van der Waals surface area contributed by atoms with Gasteiger partial charge in [-0.25, -0.2) is 18.1 Å². The van der Waals surface area contributed by atoms with Crippen molar-refractivity contribution in [3.63, 3.8) is 0 Å². The number of nitrogens with one attached hydrogen (secondary N) is 1. The number of ketones is 1. The van der Waals surface area contributed by atoms with Gasteiger partial charge in [-0.05, 0) is 60.7 Å². The molecule has 0 aliphatic carbocycles. The van der Waals surface area contributed by atoms with E-state index in [1.165, 1.54) is 35.6 Å². The number of hydrogen-bond donors (Lipinski definition) is 2. The van der Waals surface area contributed by atoms with Crippen LogP contribution in [0.4, 0.5) is 5.69 Å². The van der Waals surface area contributed by atoms with Crippen LogP contribution in [-0.2, 0) is 14.8 Å². The Kier molecular flexibility index (Phi) is 5.88. The van der Waals surface area contributed by atoms with Crippen LogP contribution in [0.25, 0.3) is 21.5 Å². The zero-order valence-corrected chi connectivity index (χ0v) is 19.3. The number of carbonyl (C=O) groups excluding carboxylic acids is 2. The number of aromatic nitrogens is 1. The predicted molar refractivity (Wildman–Crippen MR) is 127 cm³/mol. The number of rotatable bonds is 6. The number of nitrogens with zero attached hydrogens (tertiary/aromatic N) is 1. The number of nitrogens with two attached hydrogens (primary N) is 1. The number of thiophene rings is 1. The second kappa shape index (κ2) is 8.64. The van der Waals surface area contributed by atoms with E-state index in [-0.39, 0.29) is 16.2 Å². The van der Waals surface area contributed by atoms with Crippen LogP contribution in [0, 0.1) is 0 Å². The van der Waals surface area contributed by atoms with E-state index >= 15 is 0 Å². The Morgan fingerprint density at radius 3 is 2.27 bits per heavy atom. The summed E-state index contributed by atoms with van der Waals surface area (Å²) in [5, 5.41) is 0.672. The maximum Gasteiger partial charge on any atom is 0.264 e. The minimum Gasteiger partial charge on any atom is -0.497 e. The van der Waals surface area contributed by atoms with Crippen LogP contribution >= 0.6 is 11.3 Å². The second-order valence-corrected chi connectivity index (χ2v) is 9.82. The molecule has 0 bridgehead atoms. The van der Waals surface area contributed by atoms with Crippen molar-refractivity contribution in [2.24, 2.45) is 0 Å². The third-order valence-corrected chi connectivity index (χ3v) is 7.45. The molecule has 0 unspecified atom stereocenters. The summed E-state index contributed by atoms with van der Waals surface area (Å²) in [7, 11) is -2.38. The molecule has 2 aromatic carbocycles. The number of nitrogen functional groups attached to an aromatic ring is 1. The molecule has 3 N–H and O–H groups in total. The molecule has 0 aliphatic heterocycles. The minimum atomic E-state index is -3.98. The van der Waals surface area contributed by atoms with Crippen molar-refractivity contribution in [1.82, 2.24) is 9.71 Å². The van der Waals surface area contributed by atoms with Gasteiger partial charge in [-0.15, -0.1) is 11.3 Å². The molecule has 0 fully saturated rings. The zero-order valence-electron chi connectivity index (χ0n) is 17.7. The molecular formula is C23H19N3O5S2. The number of hydrogen-bond acceptors (Lipinski definition) is 8. The summed E-state index contributed by atoms with van der Waals surface area (Å²) < 4.78 is 31.3. The normalized spacial score (nSPS) is 11.3. The van der Waals surface area contributed by atoms with Crippen LogP contribution < -0.4 is 15.2 Å². The fourth-order valence-corrected chi connectivity index (χ4v) is 5.30. The monoisotopic (exact) mass is 481 g/mol. The molecule has 8 nitrogen and oxygen atoms in total. The van der Waals surface area contributed by atoms with E-state index in [9.17, 15) is 18.0 Å². The highest BCUT2D eigenvalue weighted by Crippen LogP contribution is 2.35. The molecule has 0 saturated heterocycles. The third kappa shape index (κ3) is 4.43. The summed E-state index contributed by atoms with van der Waals surface area (Å²) in [6.45, 7) is 1.10. The van der Waals surface area contributed by atoms with E-state index in [1.54, 1.807) is 7.11 Å². The Hall–Kier alpha value is -3.76. The van der Waals surface area contributed by atoms with Gasteiger partial charge in [0.15, 0.2) is 0 Å². The number of benzene rings is 2. The first-order chi connectivity index (χ1) is 15.7. The molecule has 2 aromatic heterocycles. The van der Waals surface area contributed by atoms with Gasteiger partial charge < -0.3 is 10.5 Å². The van der Waals surface area contributed by atoms with Gasteiger partial charge in [0.25, 0.3) is 10.0 Å². The van der Waals surface area contributed by atoms with Crippen molar-refractivity contribution in [2.75, 3.05) is 12.8 Å². The Morgan fingerprint density at radius 2 is 1.67 bits per heavy atom. The van der Waals surface area contributed by atoms with E-state index in [0.717, 1.165) is 23.9 Å². The summed E-state index contributed by atoms with van der Waals surface area (Å²) in [6, 6.07) is 16.4. The zero-order chi connectivity index (χ0) is 23.8. The number of ether oxygens (including phenoxy) is 1. The van der Waals surface area contributed by atoms with Gasteiger partial charge >= 0.3 is 0 Å². The molecule has 33 heavy (non-hydrogen) atoms. The van der Waals surface area contributed by atoms with Crippen LogP contribution in [0.1, 0.15) is 22.2 Å². The van der Waals surface area contributed by atoms with E-state index in [4.69, 9.17) is 10.5 Å². The standard InChI is InChI=1S/C23H19N3O5S2/c1-13(27)26-33(29,30)17-9-5-15(6-10-17)21(28)22-20(24)18-11-12-19(25-23(18)32-22)14-3-7-16(31-2)8-4-14/h3-12H,24H2,1-2H3,(H,26,27). The lowest BCUT2D eigenvalue weighted by atomic mass is 10.1. The van der Waals surface area contributed by atoms with Gasteiger partial charge in [-0.2, -0.15) is 0 Å². The van der Waals surface area contributed by atoms with Crippen LogP contribution in [0.5, 0.6) is 5.75 Å². The minimum absolute atomic E-state index is 0.121. The molecule has 0 atom stereocenters.